The second-order valence-corrected chi connectivity index (χ2v) is 4.26. The van der Waals surface area contributed by atoms with E-state index in [-0.39, 0.29) is 11.5 Å². The van der Waals surface area contributed by atoms with Crippen molar-refractivity contribution in [2.75, 3.05) is 32.9 Å². The Bertz CT molecular complexity index is 400. The highest BCUT2D eigenvalue weighted by Gasteiger charge is 2.15. The number of aromatic carboxylic acids is 1. The summed E-state index contributed by atoms with van der Waals surface area (Å²) in [4.78, 5) is 11.0. The predicted molar refractivity (Wildman–Crippen MR) is 66.1 cm³/mol. The average Bonchev–Trinajstić information content (AvgIpc) is 2.65. The van der Waals surface area contributed by atoms with Gasteiger partial charge in [0.25, 0.3) is 0 Å². The average molecular weight is 251 g/mol. The molecule has 1 aliphatic heterocycles. The summed E-state index contributed by atoms with van der Waals surface area (Å²) in [5.41, 5.74) is 0.194. The Kier molecular flexibility index (Phi) is 4.55. The molecule has 0 aliphatic carbocycles. The number of carbonyl (C=O) groups is 1. The number of ether oxygens (including phenoxy) is 2. The normalized spacial score (nSPS) is 20.1. The fraction of sp³-hybridized carbons (Fsp3) is 0.462. The van der Waals surface area contributed by atoms with E-state index in [1.54, 1.807) is 24.3 Å². The van der Waals surface area contributed by atoms with Crippen LogP contribution in [0, 0.1) is 5.92 Å². The molecule has 0 spiro atoms. The molecule has 5 heteroatoms. The Balaban J connectivity index is 1.94. The fourth-order valence-electron chi connectivity index (χ4n) is 1.84. The van der Waals surface area contributed by atoms with Crippen LogP contribution >= 0.6 is 0 Å². The van der Waals surface area contributed by atoms with E-state index in [1.807, 2.05) is 0 Å². The molecule has 2 N–H and O–H groups in total. The number of rotatable bonds is 4. The van der Waals surface area contributed by atoms with Crippen molar-refractivity contribution in [3.8, 4) is 5.75 Å². The molecule has 0 bridgehead atoms. The Hall–Kier alpha value is -1.59. The predicted octanol–water partition coefficient (Wildman–Crippen LogP) is 1.000. The van der Waals surface area contributed by atoms with Gasteiger partial charge in [0, 0.05) is 19.0 Å². The molecule has 1 aromatic carbocycles. The Morgan fingerprint density at radius 3 is 3.17 bits per heavy atom. The molecule has 5 nitrogen and oxygen atoms in total. The van der Waals surface area contributed by atoms with E-state index in [1.165, 1.54) is 0 Å². The van der Waals surface area contributed by atoms with Crippen LogP contribution in [0.2, 0.25) is 0 Å². The van der Waals surface area contributed by atoms with Crippen molar-refractivity contribution in [1.29, 1.82) is 0 Å². The highest BCUT2D eigenvalue weighted by atomic mass is 16.5. The van der Waals surface area contributed by atoms with E-state index in [9.17, 15) is 4.79 Å². The Morgan fingerprint density at radius 2 is 2.33 bits per heavy atom. The van der Waals surface area contributed by atoms with Crippen LogP contribution in [0.15, 0.2) is 24.3 Å². The lowest BCUT2D eigenvalue weighted by Crippen LogP contribution is -2.27. The maximum Gasteiger partial charge on any atom is 0.339 e. The standard InChI is InChI=1S/C13H17NO4/c15-13(16)11-3-1-2-4-12(11)18-9-10-7-14-5-6-17-8-10/h1-4,10,14H,5-9H2,(H,15,16). The summed E-state index contributed by atoms with van der Waals surface area (Å²) in [5, 5.41) is 12.3. The number of carboxylic acid groups (broad SMARTS) is 1. The number of hydrogen-bond acceptors (Lipinski definition) is 4. The van der Waals surface area contributed by atoms with E-state index >= 15 is 0 Å². The monoisotopic (exact) mass is 251 g/mol. The molecule has 1 fully saturated rings. The summed E-state index contributed by atoms with van der Waals surface area (Å²) in [7, 11) is 0. The van der Waals surface area contributed by atoms with Crippen LogP contribution < -0.4 is 10.1 Å². The summed E-state index contributed by atoms with van der Waals surface area (Å²) in [6.45, 7) is 3.49. The Morgan fingerprint density at radius 1 is 1.50 bits per heavy atom. The molecule has 2 rings (SSSR count). The van der Waals surface area contributed by atoms with E-state index in [0.717, 1.165) is 13.1 Å². The molecule has 1 aromatic rings. The first-order valence-corrected chi connectivity index (χ1v) is 6.01. The largest absolute Gasteiger partial charge is 0.492 e. The van der Waals surface area contributed by atoms with Crippen molar-refractivity contribution in [1.82, 2.24) is 5.32 Å². The molecule has 0 amide bonds. The van der Waals surface area contributed by atoms with Crippen LogP contribution in [0.25, 0.3) is 0 Å². The zero-order chi connectivity index (χ0) is 12.8. The van der Waals surface area contributed by atoms with Crippen LogP contribution in [0.3, 0.4) is 0 Å². The molecule has 1 unspecified atom stereocenters. The molecule has 98 valence electrons. The van der Waals surface area contributed by atoms with Gasteiger partial charge in [0.1, 0.15) is 11.3 Å². The number of carboxylic acids is 1. The molecule has 0 aromatic heterocycles. The summed E-state index contributed by atoms with van der Waals surface area (Å²) in [6, 6.07) is 6.67. The summed E-state index contributed by atoms with van der Waals surface area (Å²) >= 11 is 0. The van der Waals surface area contributed by atoms with Crippen molar-refractivity contribution in [2.24, 2.45) is 5.92 Å². The molecule has 18 heavy (non-hydrogen) atoms. The van der Waals surface area contributed by atoms with E-state index in [4.69, 9.17) is 14.6 Å². The number of nitrogens with one attached hydrogen (secondary N) is 1. The zero-order valence-electron chi connectivity index (χ0n) is 10.1. The third kappa shape index (κ3) is 3.45. The minimum absolute atomic E-state index is 0.194. The van der Waals surface area contributed by atoms with Gasteiger partial charge in [0.2, 0.25) is 0 Å². The van der Waals surface area contributed by atoms with Gasteiger partial charge in [-0.2, -0.15) is 0 Å². The van der Waals surface area contributed by atoms with E-state index in [2.05, 4.69) is 5.32 Å². The third-order valence-corrected chi connectivity index (χ3v) is 2.80. The highest BCUT2D eigenvalue weighted by Crippen LogP contribution is 2.18. The SMILES string of the molecule is O=C(O)c1ccccc1OCC1CNCCOC1. The Labute approximate surface area is 106 Å². The smallest absolute Gasteiger partial charge is 0.339 e. The van der Waals surface area contributed by atoms with Crippen LogP contribution in [0.5, 0.6) is 5.75 Å². The van der Waals surface area contributed by atoms with Gasteiger partial charge >= 0.3 is 5.97 Å². The van der Waals surface area contributed by atoms with Gasteiger partial charge in [-0.1, -0.05) is 12.1 Å². The lowest BCUT2D eigenvalue weighted by Gasteiger charge is -2.15. The molecule has 0 radical (unpaired) electrons. The maximum atomic E-state index is 11.0. The van der Waals surface area contributed by atoms with Crippen molar-refractivity contribution < 1.29 is 19.4 Å². The topological polar surface area (TPSA) is 67.8 Å². The summed E-state index contributed by atoms with van der Waals surface area (Å²) < 4.78 is 11.0. The molecule has 1 saturated heterocycles. The molecule has 1 aliphatic rings. The first kappa shape index (κ1) is 12.9. The molecular formula is C13H17NO4. The third-order valence-electron chi connectivity index (χ3n) is 2.80. The quantitative estimate of drug-likeness (QED) is 0.835. The van der Waals surface area contributed by atoms with E-state index < -0.39 is 5.97 Å². The van der Waals surface area contributed by atoms with Gasteiger partial charge in [-0.15, -0.1) is 0 Å². The molecule has 1 atom stereocenters. The van der Waals surface area contributed by atoms with Crippen LogP contribution in [-0.4, -0.2) is 44.0 Å². The number of hydrogen-bond donors (Lipinski definition) is 2. The van der Waals surface area contributed by atoms with Gasteiger partial charge < -0.3 is 19.9 Å². The molecular weight excluding hydrogens is 234 g/mol. The molecule has 0 saturated carbocycles. The summed E-state index contributed by atoms with van der Waals surface area (Å²) in [5.74, 6) is -0.315. The van der Waals surface area contributed by atoms with Gasteiger partial charge in [-0.05, 0) is 12.1 Å². The maximum absolute atomic E-state index is 11.0. The van der Waals surface area contributed by atoms with Gasteiger partial charge in [0.15, 0.2) is 0 Å². The minimum Gasteiger partial charge on any atom is -0.492 e. The lowest BCUT2D eigenvalue weighted by molar-refractivity contribution is 0.0688. The lowest BCUT2D eigenvalue weighted by atomic mass is 10.1. The van der Waals surface area contributed by atoms with Crippen molar-refractivity contribution in [3.63, 3.8) is 0 Å². The first-order chi connectivity index (χ1) is 8.77. The van der Waals surface area contributed by atoms with Crippen LogP contribution in [0.4, 0.5) is 0 Å². The van der Waals surface area contributed by atoms with Gasteiger partial charge in [-0.25, -0.2) is 4.79 Å². The fourth-order valence-corrected chi connectivity index (χ4v) is 1.84. The summed E-state index contributed by atoms with van der Waals surface area (Å²) in [6.07, 6.45) is 0. The van der Waals surface area contributed by atoms with Gasteiger partial charge in [0.05, 0.1) is 19.8 Å². The van der Waals surface area contributed by atoms with Crippen LogP contribution in [-0.2, 0) is 4.74 Å². The first-order valence-electron chi connectivity index (χ1n) is 6.01. The zero-order valence-corrected chi connectivity index (χ0v) is 10.1. The van der Waals surface area contributed by atoms with E-state index in [0.29, 0.717) is 25.6 Å². The number of benzene rings is 1. The molecule has 1 heterocycles. The minimum atomic E-state index is -0.971. The van der Waals surface area contributed by atoms with Crippen molar-refractivity contribution >= 4 is 5.97 Å². The van der Waals surface area contributed by atoms with Crippen LogP contribution in [0.1, 0.15) is 10.4 Å². The highest BCUT2D eigenvalue weighted by molar-refractivity contribution is 5.90. The van der Waals surface area contributed by atoms with Gasteiger partial charge in [-0.3, -0.25) is 0 Å². The van der Waals surface area contributed by atoms with Crippen molar-refractivity contribution in [2.45, 2.75) is 0 Å². The second-order valence-electron chi connectivity index (χ2n) is 4.26. The van der Waals surface area contributed by atoms with Crippen molar-refractivity contribution in [3.05, 3.63) is 29.8 Å². The number of para-hydroxylation sites is 1. The second kappa shape index (κ2) is 6.37.